The highest BCUT2D eigenvalue weighted by atomic mass is 19.1. The highest BCUT2D eigenvalue weighted by Crippen LogP contribution is 2.15. The summed E-state index contributed by atoms with van der Waals surface area (Å²) in [6.45, 7) is 3.33. The van der Waals surface area contributed by atoms with Crippen molar-refractivity contribution in [1.82, 2.24) is 5.32 Å². The molecule has 0 aliphatic heterocycles. The maximum Gasteiger partial charge on any atom is 0.319 e. The number of hydrogen-bond donors (Lipinski definition) is 3. The number of carbonyl (C=O) groups is 2. The molecule has 0 aliphatic rings. The van der Waals surface area contributed by atoms with Gasteiger partial charge in [-0.1, -0.05) is 6.07 Å². The maximum absolute atomic E-state index is 13.3. The third kappa shape index (κ3) is 4.40. The van der Waals surface area contributed by atoms with Crippen molar-refractivity contribution in [3.8, 4) is 0 Å². The second-order valence-corrected chi connectivity index (χ2v) is 4.08. The standard InChI is InChI=1S/C12H15FN2O3/c1-7-3-4-9(13)10(5-7)15-12(18)14-8(2)6-11(16)17/h3-5,8H,6H2,1-2H3,(H,16,17)(H2,14,15,18). The molecule has 0 fully saturated rings. The third-order valence-electron chi connectivity index (χ3n) is 2.23. The van der Waals surface area contributed by atoms with Gasteiger partial charge in [0.15, 0.2) is 0 Å². The lowest BCUT2D eigenvalue weighted by Crippen LogP contribution is -2.37. The molecule has 0 heterocycles. The predicted molar refractivity (Wildman–Crippen MR) is 65.0 cm³/mol. The second kappa shape index (κ2) is 6.00. The first-order chi connectivity index (χ1) is 8.38. The highest BCUT2D eigenvalue weighted by Gasteiger charge is 2.12. The van der Waals surface area contributed by atoms with Crippen LogP contribution in [-0.2, 0) is 4.79 Å². The zero-order chi connectivity index (χ0) is 13.7. The van der Waals surface area contributed by atoms with E-state index in [-0.39, 0.29) is 12.1 Å². The summed E-state index contributed by atoms with van der Waals surface area (Å²) in [7, 11) is 0. The average molecular weight is 254 g/mol. The van der Waals surface area contributed by atoms with E-state index in [0.717, 1.165) is 5.56 Å². The lowest BCUT2D eigenvalue weighted by Gasteiger charge is -2.13. The first kappa shape index (κ1) is 14.0. The molecular formula is C12H15FN2O3. The zero-order valence-corrected chi connectivity index (χ0v) is 10.2. The minimum Gasteiger partial charge on any atom is -0.481 e. The minimum absolute atomic E-state index is 0.0648. The molecule has 0 saturated heterocycles. The molecule has 0 aliphatic carbocycles. The van der Waals surface area contributed by atoms with Crippen molar-refractivity contribution in [3.63, 3.8) is 0 Å². The van der Waals surface area contributed by atoms with Crippen LogP contribution in [0.4, 0.5) is 14.9 Å². The average Bonchev–Trinajstić information content (AvgIpc) is 2.21. The van der Waals surface area contributed by atoms with Gasteiger partial charge in [-0.15, -0.1) is 0 Å². The molecule has 0 radical (unpaired) electrons. The van der Waals surface area contributed by atoms with Crippen molar-refractivity contribution >= 4 is 17.7 Å². The predicted octanol–water partition coefficient (Wildman–Crippen LogP) is 2.12. The van der Waals surface area contributed by atoms with Crippen LogP contribution in [0.2, 0.25) is 0 Å². The van der Waals surface area contributed by atoms with Gasteiger partial charge in [0.25, 0.3) is 0 Å². The Bertz CT molecular complexity index is 463. The molecule has 1 rings (SSSR count). The Hall–Kier alpha value is -2.11. The van der Waals surface area contributed by atoms with Gasteiger partial charge in [-0.2, -0.15) is 0 Å². The molecule has 1 aromatic carbocycles. The van der Waals surface area contributed by atoms with E-state index in [1.807, 2.05) is 0 Å². The van der Waals surface area contributed by atoms with Gasteiger partial charge in [-0.25, -0.2) is 9.18 Å². The monoisotopic (exact) mass is 254 g/mol. The van der Waals surface area contributed by atoms with Crippen LogP contribution in [0.1, 0.15) is 18.9 Å². The summed E-state index contributed by atoms with van der Waals surface area (Å²) in [5, 5.41) is 13.3. The SMILES string of the molecule is Cc1ccc(F)c(NC(=O)NC(C)CC(=O)O)c1. The van der Waals surface area contributed by atoms with Crippen LogP contribution < -0.4 is 10.6 Å². The number of carboxylic acid groups (broad SMARTS) is 1. The first-order valence-electron chi connectivity index (χ1n) is 5.44. The van der Waals surface area contributed by atoms with E-state index in [1.165, 1.54) is 12.1 Å². The minimum atomic E-state index is -1.01. The van der Waals surface area contributed by atoms with E-state index < -0.39 is 23.9 Å². The number of halogens is 1. The van der Waals surface area contributed by atoms with Gasteiger partial charge in [-0.3, -0.25) is 4.79 Å². The number of hydrogen-bond acceptors (Lipinski definition) is 2. The fourth-order valence-electron chi connectivity index (χ4n) is 1.43. The molecule has 1 atom stereocenters. The van der Waals surface area contributed by atoms with Gasteiger partial charge in [0.2, 0.25) is 0 Å². The maximum atomic E-state index is 13.3. The molecule has 3 N–H and O–H groups in total. The number of rotatable bonds is 4. The number of amides is 2. The van der Waals surface area contributed by atoms with E-state index in [4.69, 9.17) is 5.11 Å². The second-order valence-electron chi connectivity index (χ2n) is 4.08. The summed E-state index contributed by atoms with van der Waals surface area (Å²) in [6, 6.07) is 3.18. The fraction of sp³-hybridized carbons (Fsp3) is 0.333. The van der Waals surface area contributed by atoms with Crippen LogP contribution in [0.15, 0.2) is 18.2 Å². The Morgan fingerprint density at radius 1 is 1.44 bits per heavy atom. The summed E-state index contributed by atoms with van der Waals surface area (Å²) < 4.78 is 13.3. The van der Waals surface area contributed by atoms with Gasteiger partial charge in [-0.05, 0) is 31.5 Å². The number of aliphatic carboxylic acids is 1. The van der Waals surface area contributed by atoms with Crippen LogP contribution in [-0.4, -0.2) is 23.1 Å². The van der Waals surface area contributed by atoms with Crippen LogP contribution >= 0.6 is 0 Å². The number of carbonyl (C=O) groups excluding carboxylic acids is 1. The zero-order valence-electron chi connectivity index (χ0n) is 10.2. The largest absolute Gasteiger partial charge is 0.481 e. The Kier molecular flexibility index (Phi) is 4.65. The van der Waals surface area contributed by atoms with Crippen LogP contribution in [0.25, 0.3) is 0 Å². The third-order valence-corrected chi connectivity index (χ3v) is 2.23. The molecule has 0 spiro atoms. The Labute approximate surface area is 104 Å². The number of anilines is 1. The van der Waals surface area contributed by atoms with E-state index in [0.29, 0.717) is 0 Å². The molecule has 0 saturated carbocycles. The Morgan fingerprint density at radius 3 is 2.72 bits per heavy atom. The summed E-state index contributed by atoms with van der Waals surface area (Å²) in [5.74, 6) is -1.55. The normalized spacial score (nSPS) is 11.7. The fourth-order valence-corrected chi connectivity index (χ4v) is 1.43. The Balaban J connectivity index is 2.59. The van der Waals surface area contributed by atoms with E-state index in [1.54, 1.807) is 19.9 Å². The lowest BCUT2D eigenvalue weighted by molar-refractivity contribution is -0.137. The number of nitrogens with one attached hydrogen (secondary N) is 2. The molecule has 0 bridgehead atoms. The number of urea groups is 1. The number of benzene rings is 1. The summed E-state index contributed by atoms with van der Waals surface area (Å²) in [5.41, 5.74) is 0.875. The van der Waals surface area contributed by atoms with Crippen molar-refractivity contribution in [3.05, 3.63) is 29.6 Å². The molecule has 18 heavy (non-hydrogen) atoms. The van der Waals surface area contributed by atoms with E-state index >= 15 is 0 Å². The van der Waals surface area contributed by atoms with Crippen molar-refractivity contribution < 1.29 is 19.1 Å². The smallest absolute Gasteiger partial charge is 0.319 e. The number of carboxylic acids is 1. The number of aryl methyl sites for hydroxylation is 1. The molecule has 1 unspecified atom stereocenters. The van der Waals surface area contributed by atoms with Gasteiger partial charge in [0.05, 0.1) is 12.1 Å². The Morgan fingerprint density at radius 2 is 2.11 bits per heavy atom. The van der Waals surface area contributed by atoms with Gasteiger partial charge in [0, 0.05) is 6.04 Å². The van der Waals surface area contributed by atoms with Crippen LogP contribution in [0.3, 0.4) is 0 Å². The molecular weight excluding hydrogens is 239 g/mol. The van der Waals surface area contributed by atoms with Crippen molar-refractivity contribution in [2.75, 3.05) is 5.32 Å². The van der Waals surface area contributed by atoms with Crippen molar-refractivity contribution in [1.29, 1.82) is 0 Å². The van der Waals surface area contributed by atoms with Gasteiger partial charge >= 0.3 is 12.0 Å². The van der Waals surface area contributed by atoms with Crippen molar-refractivity contribution in [2.24, 2.45) is 0 Å². The molecule has 98 valence electrons. The topological polar surface area (TPSA) is 78.4 Å². The van der Waals surface area contributed by atoms with Crippen LogP contribution in [0.5, 0.6) is 0 Å². The van der Waals surface area contributed by atoms with E-state index in [2.05, 4.69) is 10.6 Å². The van der Waals surface area contributed by atoms with Gasteiger partial charge in [0.1, 0.15) is 5.82 Å². The summed E-state index contributed by atoms with van der Waals surface area (Å²) in [4.78, 5) is 21.9. The summed E-state index contributed by atoms with van der Waals surface area (Å²) in [6.07, 6.45) is -0.191. The molecule has 0 aromatic heterocycles. The molecule has 1 aromatic rings. The van der Waals surface area contributed by atoms with Crippen LogP contribution in [0, 0.1) is 12.7 Å². The quantitative estimate of drug-likeness (QED) is 0.770. The summed E-state index contributed by atoms with van der Waals surface area (Å²) >= 11 is 0. The van der Waals surface area contributed by atoms with Gasteiger partial charge < -0.3 is 15.7 Å². The molecule has 5 nitrogen and oxygen atoms in total. The lowest BCUT2D eigenvalue weighted by atomic mass is 10.2. The molecule has 2 amide bonds. The first-order valence-corrected chi connectivity index (χ1v) is 5.44. The van der Waals surface area contributed by atoms with Crippen molar-refractivity contribution in [2.45, 2.75) is 26.3 Å². The van der Waals surface area contributed by atoms with E-state index in [9.17, 15) is 14.0 Å². The molecule has 6 heteroatoms. The highest BCUT2D eigenvalue weighted by molar-refractivity contribution is 5.89.